The first-order valence-electron chi connectivity index (χ1n) is 11.3. The highest BCUT2D eigenvalue weighted by Gasteiger charge is 2.24. The second kappa shape index (κ2) is 9.12. The number of amides is 1. The number of hydrogen-bond donors (Lipinski definition) is 1. The van der Waals surface area contributed by atoms with Crippen molar-refractivity contribution in [2.45, 2.75) is 26.2 Å². The highest BCUT2D eigenvalue weighted by Crippen LogP contribution is 2.34. The SMILES string of the molecule is Cc1ncc2c(OCCN3CCC(Cc4cccc5c4OCC(=O)N5)CC3)cccc2n1. The zero-order valence-corrected chi connectivity index (χ0v) is 18.3. The first-order valence-corrected chi connectivity index (χ1v) is 11.3. The fraction of sp³-hybridized carbons (Fsp3) is 0.400. The summed E-state index contributed by atoms with van der Waals surface area (Å²) in [6.45, 7) is 5.69. The first-order chi connectivity index (χ1) is 15.7. The van der Waals surface area contributed by atoms with Crippen molar-refractivity contribution in [3.63, 3.8) is 0 Å². The number of nitrogens with one attached hydrogen (secondary N) is 1. The molecule has 32 heavy (non-hydrogen) atoms. The minimum atomic E-state index is -0.0867. The number of para-hydroxylation sites is 1. The van der Waals surface area contributed by atoms with Crippen LogP contribution in [0.3, 0.4) is 0 Å². The number of nitrogens with zero attached hydrogens (tertiary/aromatic N) is 3. The molecule has 3 heterocycles. The van der Waals surface area contributed by atoms with Crippen molar-refractivity contribution < 1.29 is 14.3 Å². The topological polar surface area (TPSA) is 76.6 Å². The maximum Gasteiger partial charge on any atom is 0.262 e. The molecule has 1 saturated heterocycles. The normalized spacial score (nSPS) is 17.0. The summed E-state index contributed by atoms with van der Waals surface area (Å²) in [5, 5.41) is 3.86. The van der Waals surface area contributed by atoms with Gasteiger partial charge in [-0.15, -0.1) is 0 Å². The number of benzene rings is 2. The van der Waals surface area contributed by atoms with E-state index in [-0.39, 0.29) is 12.5 Å². The summed E-state index contributed by atoms with van der Waals surface area (Å²) in [7, 11) is 0. The van der Waals surface area contributed by atoms with E-state index in [1.165, 1.54) is 5.56 Å². The Morgan fingerprint density at radius 3 is 2.91 bits per heavy atom. The number of hydrogen-bond acceptors (Lipinski definition) is 6. The predicted octanol–water partition coefficient (Wildman–Crippen LogP) is 3.60. The lowest BCUT2D eigenvalue weighted by Crippen LogP contribution is -2.37. The fourth-order valence-corrected chi connectivity index (χ4v) is 4.60. The highest BCUT2D eigenvalue weighted by atomic mass is 16.5. The number of ether oxygens (including phenoxy) is 2. The lowest BCUT2D eigenvalue weighted by molar-refractivity contribution is -0.118. The quantitative estimate of drug-likeness (QED) is 0.641. The molecule has 0 unspecified atom stereocenters. The molecular weight excluding hydrogens is 404 g/mol. The minimum Gasteiger partial charge on any atom is -0.491 e. The summed E-state index contributed by atoms with van der Waals surface area (Å²) in [6, 6.07) is 12.0. The molecule has 1 amide bonds. The van der Waals surface area contributed by atoms with Crippen LogP contribution < -0.4 is 14.8 Å². The van der Waals surface area contributed by atoms with Crippen LogP contribution >= 0.6 is 0 Å². The molecule has 0 spiro atoms. The lowest BCUT2D eigenvalue weighted by Gasteiger charge is -2.32. The maximum absolute atomic E-state index is 11.6. The van der Waals surface area contributed by atoms with E-state index >= 15 is 0 Å². The Morgan fingerprint density at radius 1 is 1.19 bits per heavy atom. The second-order valence-corrected chi connectivity index (χ2v) is 8.57. The third kappa shape index (κ3) is 4.53. The van der Waals surface area contributed by atoms with Gasteiger partial charge in [0.05, 0.1) is 16.6 Å². The summed E-state index contributed by atoms with van der Waals surface area (Å²) in [5.74, 6) is 3.00. The number of carbonyl (C=O) groups is 1. The van der Waals surface area contributed by atoms with Gasteiger partial charge >= 0.3 is 0 Å². The van der Waals surface area contributed by atoms with E-state index in [0.29, 0.717) is 12.5 Å². The van der Waals surface area contributed by atoms with Gasteiger partial charge in [-0.2, -0.15) is 0 Å². The fourth-order valence-electron chi connectivity index (χ4n) is 4.60. The van der Waals surface area contributed by atoms with Crippen molar-refractivity contribution in [1.82, 2.24) is 14.9 Å². The molecule has 2 aromatic carbocycles. The number of aromatic nitrogens is 2. The monoisotopic (exact) mass is 432 g/mol. The molecule has 0 bridgehead atoms. The molecule has 1 aromatic heterocycles. The number of fused-ring (bicyclic) bond motifs is 2. The van der Waals surface area contributed by atoms with Gasteiger partial charge in [0, 0.05) is 12.7 Å². The number of piperidine rings is 1. The van der Waals surface area contributed by atoms with E-state index in [4.69, 9.17) is 9.47 Å². The molecule has 0 aliphatic carbocycles. The number of anilines is 1. The third-order valence-electron chi connectivity index (χ3n) is 6.30. The van der Waals surface area contributed by atoms with Crippen LogP contribution in [-0.2, 0) is 11.2 Å². The van der Waals surface area contributed by atoms with Gasteiger partial charge in [-0.05, 0) is 69.0 Å². The average molecular weight is 433 g/mol. The molecule has 7 heteroatoms. The van der Waals surface area contributed by atoms with Gasteiger partial charge in [0.1, 0.15) is 23.9 Å². The van der Waals surface area contributed by atoms with Gasteiger partial charge in [-0.3, -0.25) is 9.69 Å². The standard InChI is InChI=1S/C25H28N4O3/c1-17-26-15-20-21(27-17)5-3-7-23(20)31-13-12-29-10-8-18(9-11-29)14-19-4-2-6-22-25(19)32-16-24(30)28-22/h2-7,15,18H,8-14,16H2,1H3,(H,28,30). The molecule has 1 N–H and O–H groups in total. The Hall–Kier alpha value is -3.19. The van der Waals surface area contributed by atoms with E-state index in [9.17, 15) is 4.79 Å². The van der Waals surface area contributed by atoms with Crippen LogP contribution in [0, 0.1) is 12.8 Å². The molecule has 0 radical (unpaired) electrons. The van der Waals surface area contributed by atoms with Gasteiger partial charge in [0.25, 0.3) is 5.91 Å². The van der Waals surface area contributed by atoms with Gasteiger partial charge in [-0.25, -0.2) is 9.97 Å². The van der Waals surface area contributed by atoms with Crippen molar-refractivity contribution in [2.75, 3.05) is 38.2 Å². The summed E-state index contributed by atoms with van der Waals surface area (Å²) >= 11 is 0. The number of aryl methyl sites for hydroxylation is 1. The predicted molar refractivity (Wildman–Crippen MR) is 123 cm³/mol. The Kier molecular flexibility index (Phi) is 5.90. The Labute approximate surface area is 187 Å². The summed E-state index contributed by atoms with van der Waals surface area (Å²) in [5.41, 5.74) is 2.91. The molecule has 0 atom stereocenters. The Morgan fingerprint density at radius 2 is 2.03 bits per heavy atom. The van der Waals surface area contributed by atoms with Gasteiger partial charge in [0.2, 0.25) is 0 Å². The maximum atomic E-state index is 11.6. The zero-order chi connectivity index (χ0) is 21.9. The summed E-state index contributed by atoms with van der Waals surface area (Å²) in [4.78, 5) is 22.8. The van der Waals surface area contributed by atoms with Crippen LogP contribution in [-0.4, -0.2) is 53.6 Å². The van der Waals surface area contributed by atoms with Gasteiger partial charge in [-0.1, -0.05) is 18.2 Å². The largest absolute Gasteiger partial charge is 0.491 e. The molecule has 2 aliphatic heterocycles. The van der Waals surface area contributed by atoms with E-state index in [0.717, 1.165) is 72.8 Å². The molecule has 3 aromatic rings. The highest BCUT2D eigenvalue weighted by molar-refractivity contribution is 5.95. The van der Waals surface area contributed by atoms with Crippen LogP contribution in [0.5, 0.6) is 11.5 Å². The van der Waals surface area contributed by atoms with Crippen molar-refractivity contribution in [3.8, 4) is 11.5 Å². The summed E-state index contributed by atoms with van der Waals surface area (Å²) in [6.07, 6.45) is 5.13. The second-order valence-electron chi connectivity index (χ2n) is 8.57. The van der Waals surface area contributed by atoms with Crippen LogP contribution in [0.2, 0.25) is 0 Å². The van der Waals surface area contributed by atoms with Crippen molar-refractivity contribution in [2.24, 2.45) is 5.92 Å². The Balaban J connectivity index is 1.12. The summed E-state index contributed by atoms with van der Waals surface area (Å²) < 4.78 is 11.8. The minimum absolute atomic E-state index is 0.0867. The molecule has 166 valence electrons. The van der Waals surface area contributed by atoms with Crippen molar-refractivity contribution in [1.29, 1.82) is 0 Å². The molecule has 1 fully saturated rings. The zero-order valence-electron chi connectivity index (χ0n) is 18.3. The van der Waals surface area contributed by atoms with Crippen LogP contribution in [0.15, 0.2) is 42.6 Å². The molecule has 0 saturated carbocycles. The van der Waals surface area contributed by atoms with Gasteiger partial charge in [0.15, 0.2) is 6.61 Å². The number of rotatable bonds is 6. The van der Waals surface area contributed by atoms with E-state index in [1.807, 2.05) is 43.5 Å². The average Bonchev–Trinajstić information content (AvgIpc) is 2.80. The number of carbonyl (C=O) groups excluding carboxylic acids is 1. The number of likely N-dealkylation sites (tertiary alicyclic amines) is 1. The van der Waals surface area contributed by atoms with E-state index in [1.54, 1.807) is 0 Å². The molecule has 7 nitrogen and oxygen atoms in total. The molecule has 5 rings (SSSR count). The van der Waals surface area contributed by atoms with Crippen molar-refractivity contribution in [3.05, 3.63) is 54.0 Å². The molecular formula is C25H28N4O3. The van der Waals surface area contributed by atoms with Crippen molar-refractivity contribution >= 4 is 22.5 Å². The van der Waals surface area contributed by atoms with Crippen LogP contribution in [0.1, 0.15) is 24.2 Å². The van der Waals surface area contributed by atoms with Crippen LogP contribution in [0.25, 0.3) is 10.9 Å². The Bertz CT molecular complexity index is 1130. The smallest absolute Gasteiger partial charge is 0.262 e. The molecule has 2 aliphatic rings. The lowest BCUT2D eigenvalue weighted by atomic mass is 9.89. The van der Waals surface area contributed by atoms with E-state index in [2.05, 4.69) is 26.3 Å². The third-order valence-corrected chi connectivity index (χ3v) is 6.30. The van der Waals surface area contributed by atoms with Gasteiger partial charge < -0.3 is 14.8 Å². The first kappa shape index (κ1) is 20.7. The van der Waals surface area contributed by atoms with E-state index < -0.39 is 0 Å². The van der Waals surface area contributed by atoms with Crippen LogP contribution in [0.4, 0.5) is 5.69 Å².